The predicted molar refractivity (Wildman–Crippen MR) is 136 cm³/mol. The van der Waals surface area contributed by atoms with Crippen LogP contribution in [0.2, 0.25) is 0 Å². The molecule has 2 nitrogen and oxygen atoms in total. The average Bonchev–Trinajstić information content (AvgIpc) is 2.95. The Labute approximate surface area is 192 Å². The predicted octanol–water partition coefficient (Wildman–Crippen LogP) is 8.45. The number of fused-ring (bicyclic) bond motifs is 2. The first-order valence-electron chi connectivity index (χ1n) is 11.6. The first-order chi connectivity index (χ1) is 15.0. The molecule has 0 fully saturated rings. The third-order valence-corrected chi connectivity index (χ3v) is 7.08. The monoisotopic (exact) mass is 426 g/mol. The summed E-state index contributed by atoms with van der Waals surface area (Å²) in [5, 5.41) is 22.8. The maximum Gasteiger partial charge on any atom is 0.127 e. The zero-order valence-electron chi connectivity index (χ0n) is 20.5. The van der Waals surface area contributed by atoms with Gasteiger partial charge in [0.15, 0.2) is 0 Å². The second kappa shape index (κ2) is 7.85. The molecule has 0 saturated heterocycles. The molecule has 2 N–H and O–H groups in total. The van der Waals surface area contributed by atoms with E-state index in [2.05, 4.69) is 77.9 Å². The molecule has 32 heavy (non-hydrogen) atoms. The fourth-order valence-corrected chi connectivity index (χ4v) is 4.93. The van der Waals surface area contributed by atoms with Crippen molar-refractivity contribution in [3.05, 3.63) is 69.8 Å². The topological polar surface area (TPSA) is 40.5 Å². The minimum absolute atomic E-state index is 0.265. The van der Waals surface area contributed by atoms with Crippen LogP contribution in [0.3, 0.4) is 0 Å². The fraction of sp³-hybridized carbons (Fsp3) is 0.333. The molecule has 0 aromatic rings. The first-order valence-corrected chi connectivity index (χ1v) is 11.6. The first kappa shape index (κ1) is 22.2. The molecule has 0 spiro atoms. The highest BCUT2D eigenvalue weighted by Crippen LogP contribution is 2.57. The summed E-state index contributed by atoms with van der Waals surface area (Å²) in [7, 11) is 0. The number of rotatable bonds is 3. The second-order valence-corrected chi connectivity index (χ2v) is 9.91. The van der Waals surface area contributed by atoms with Gasteiger partial charge in [0.1, 0.15) is 11.5 Å². The van der Waals surface area contributed by atoms with Crippen molar-refractivity contribution in [2.75, 3.05) is 0 Å². The molecule has 0 bridgehead atoms. The third kappa shape index (κ3) is 3.24. The van der Waals surface area contributed by atoms with E-state index in [1.807, 2.05) is 13.8 Å². The summed E-state index contributed by atoms with van der Waals surface area (Å²) in [6.07, 6.45) is 0. The van der Waals surface area contributed by atoms with Crippen LogP contribution >= 0.6 is 0 Å². The molecule has 0 atom stereocenters. The molecule has 0 aromatic heterocycles. The Kier molecular flexibility index (Phi) is 5.45. The van der Waals surface area contributed by atoms with E-state index in [4.69, 9.17) is 0 Å². The van der Waals surface area contributed by atoms with Crippen LogP contribution in [-0.4, -0.2) is 10.2 Å². The summed E-state index contributed by atoms with van der Waals surface area (Å²) in [5.74, 6) is 1.30. The van der Waals surface area contributed by atoms with Crippen LogP contribution in [-0.2, 0) is 0 Å². The van der Waals surface area contributed by atoms with E-state index in [-0.39, 0.29) is 11.5 Å². The van der Waals surface area contributed by atoms with Crippen LogP contribution in [0.5, 0.6) is 11.5 Å². The van der Waals surface area contributed by atoms with Gasteiger partial charge in [0.2, 0.25) is 0 Å². The van der Waals surface area contributed by atoms with Gasteiger partial charge in [-0.1, -0.05) is 64.1 Å². The summed E-state index contributed by atoms with van der Waals surface area (Å²) in [5.41, 5.74) is 12.0. The van der Waals surface area contributed by atoms with Crippen molar-refractivity contribution in [1.29, 1.82) is 0 Å². The van der Waals surface area contributed by atoms with Gasteiger partial charge >= 0.3 is 0 Å². The van der Waals surface area contributed by atoms with Gasteiger partial charge in [0.25, 0.3) is 0 Å². The zero-order chi connectivity index (χ0) is 23.5. The number of hydrogen-bond donors (Lipinski definition) is 2. The lowest BCUT2D eigenvalue weighted by Crippen LogP contribution is -1.85. The summed E-state index contributed by atoms with van der Waals surface area (Å²) < 4.78 is 0. The molecule has 0 aliphatic heterocycles. The van der Waals surface area contributed by atoms with Crippen molar-refractivity contribution in [1.82, 2.24) is 0 Å². The van der Waals surface area contributed by atoms with Crippen LogP contribution in [0.4, 0.5) is 0 Å². The Morgan fingerprint density at radius 2 is 0.875 bits per heavy atom. The van der Waals surface area contributed by atoms with Crippen LogP contribution in [0.15, 0.2) is 36.4 Å². The molecule has 4 aliphatic rings. The fourth-order valence-electron chi connectivity index (χ4n) is 4.93. The highest BCUT2D eigenvalue weighted by atomic mass is 16.3. The summed E-state index contributed by atoms with van der Waals surface area (Å²) in [6, 6.07) is 13.0. The van der Waals surface area contributed by atoms with Crippen molar-refractivity contribution in [3.63, 3.8) is 0 Å². The Hall–Kier alpha value is -3.00. The van der Waals surface area contributed by atoms with Gasteiger partial charge in [-0.2, -0.15) is 0 Å². The van der Waals surface area contributed by atoms with E-state index in [0.29, 0.717) is 11.8 Å². The molecule has 0 unspecified atom stereocenters. The molecular formula is C30H34O2. The Morgan fingerprint density at radius 3 is 1.19 bits per heavy atom. The molecule has 0 saturated carbocycles. The van der Waals surface area contributed by atoms with Crippen LogP contribution in [0, 0.1) is 27.7 Å². The van der Waals surface area contributed by atoms with Crippen molar-refractivity contribution >= 4 is 0 Å². The third-order valence-electron chi connectivity index (χ3n) is 7.08. The SMILES string of the molecule is Cc1ccc(C(C)C)cc2c(C)c(O)c(-c3c(O)c(C)c4cc(C(C)C)ccc(C)c3-4)c1-2. The van der Waals surface area contributed by atoms with E-state index >= 15 is 0 Å². The second-order valence-electron chi connectivity index (χ2n) is 9.91. The molecule has 0 radical (unpaired) electrons. The van der Waals surface area contributed by atoms with Gasteiger partial charge in [-0.15, -0.1) is 0 Å². The van der Waals surface area contributed by atoms with E-state index < -0.39 is 0 Å². The normalized spacial score (nSPS) is 11.9. The van der Waals surface area contributed by atoms with Crippen molar-refractivity contribution in [3.8, 4) is 44.9 Å². The van der Waals surface area contributed by atoms with Crippen molar-refractivity contribution in [2.24, 2.45) is 0 Å². The summed E-state index contributed by atoms with van der Waals surface area (Å²) in [6.45, 7) is 16.9. The smallest absolute Gasteiger partial charge is 0.127 e. The number of hydrogen-bond acceptors (Lipinski definition) is 2. The van der Waals surface area contributed by atoms with Gasteiger partial charge in [0.05, 0.1) is 0 Å². The van der Waals surface area contributed by atoms with Crippen LogP contribution < -0.4 is 0 Å². The molecule has 0 aromatic carbocycles. The van der Waals surface area contributed by atoms with Crippen LogP contribution in [0.25, 0.3) is 33.4 Å². The van der Waals surface area contributed by atoms with Crippen LogP contribution in [0.1, 0.15) is 72.9 Å². The maximum atomic E-state index is 11.4. The molecule has 2 heteroatoms. The lowest BCUT2D eigenvalue weighted by Gasteiger charge is -2.09. The Bertz CT molecular complexity index is 1180. The molecule has 166 valence electrons. The molecular weight excluding hydrogens is 392 g/mol. The average molecular weight is 427 g/mol. The highest BCUT2D eigenvalue weighted by molar-refractivity contribution is 6.06. The Balaban J connectivity index is 2.14. The quantitative estimate of drug-likeness (QED) is 0.345. The van der Waals surface area contributed by atoms with Gasteiger partial charge in [-0.05, 0) is 95.2 Å². The minimum Gasteiger partial charge on any atom is -0.507 e. The minimum atomic E-state index is 0.265. The lowest BCUT2D eigenvalue weighted by atomic mass is 9.94. The number of aromatic hydroxyl groups is 2. The summed E-state index contributed by atoms with van der Waals surface area (Å²) >= 11 is 0. The molecule has 4 aliphatic carbocycles. The van der Waals surface area contributed by atoms with Crippen molar-refractivity contribution in [2.45, 2.75) is 67.2 Å². The van der Waals surface area contributed by atoms with E-state index in [1.165, 1.54) is 11.1 Å². The van der Waals surface area contributed by atoms with Crippen molar-refractivity contribution < 1.29 is 10.2 Å². The van der Waals surface area contributed by atoms with E-state index in [0.717, 1.165) is 55.6 Å². The molecule has 0 amide bonds. The zero-order valence-corrected chi connectivity index (χ0v) is 20.5. The number of aryl methyl sites for hydroxylation is 2. The van der Waals surface area contributed by atoms with E-state index in [1.54, 1.807) is 0 Å². The standard InChI is InChI=1S/C30H34O2/c1-15(2)21-11-9-17(5)25-23(13-21)19(7)29(31)27(25)28-26-18(6)10-12-22(16(3)4)14-24(26)20(8)30(28)32/h9-16,31-32H,1-8H3. The van der Waals surface area contributed by atoms with Gasteiger partial charge in [-0.3, -0.25) is 0 Å². The van der Waals surface area contributed by atoms with E-state index in [9.17, 15) is 10.2 Å². The van der Waals surface area contributed by atoms with Gasteiger partial charge in [-0.25, -0.2) is 0 Å². The largest absolute Gasteiger partial charge is 0.507 e. The van der Waals surface area contributed by atoms with Gasteiger partial charge in [0, 0.05) is 11.1 Å². The molecule has 0 heterocycles. The van der Waals surface area contributed by atoms with Gasteiger partial charge < -0.3 is 10.2 Å². The summed E-state index contributed by atoms with van der Waals surface area (Å²) in [4.78, 5) is 0. The maximum absolute atomic E-state index is 11.4. The highest BCUT2D eigenvalue weighted by Gasteiger charge is 2.31. The lowest BCUT2D eigenvalue weighted by molar-refractivity contribution is 0.468. The molecule has 4 rings (SSSR count). The Morgan fingerprint density at radius 1 is 0.531 bits per heavy atom.